The van der Waals surface area contributed by atoms with Gasteiger partial charge in [0.15, 0.2) is 5.13 Å². The third kappa shape index (κ3) is 4.27. The van der Waals surface area contributed by atoms with Crippen molar-refractivity contribution < 1.29 is 13.2 Å². The van der Waals surface area contributed by atoms with E-state index in [0.717, 1.165) is 10.6 Å². The fourth-order valence-corrected chi connectivity index (χ4v) is 5.70. The molecule has 150 valence electrons. The first-order chi connectivity index (χ1) is 13.9. The Labute approximate surface area is 177 Å². The Morgan fingerprint density at radius 2 is 1.79 bits per heavy atom. The van der Waals surface area contributed by atoms with Crippen LogP contribution in [0.4, 0.5) is 15.6 Å². The van der Waals surface area contributed by atoms with Gasteiger partial charge in [0.1, 0.15) is 0 Å². The van der Waals surface area contributed by atoms with Gasteiger partial charge in [-0.2, -0.15) is 4.31 Å². The van der Waals surface area contributed by atoms with Crippen LogP contribution in [0.3, 0.4) is 0 Å². The van der Waals surface area contributed by atoms with Crippen molar-refractivity contribution in [1.82, 2.24) is 9.29 Å². The summed E-state index contributed by atoms with van der Waals surface area (Å²) in [5.74, 6) is 0. The van der Waals surface area contributed by atoms with Crippen molar-refractivity contribution >= 4 is 49.8 Å². The Morgan fingerprint density at radius 1 is 1.07 bits per heavy atom. The molecule has 0 saturated carbocycles. The lowest BCUT2D eigenvalue weighted by atomic mass is 10.2. The number of thiazole rings is 1. The molecule has 0 aliphatic carbocycles. The molecule has 0 saturated heterocycles. The van der Waals surface area contributed by atoms with Crippen LogP contribution in [0.2, 0.25) is 5.02 Å². The lowest BCUT2D eigenvalue weighted by molar-refractivity contribution is 0.262. The molecule has 0 spiro atoms. The molecule has 2 amide bonds. The molecule has 4 rings (SSSR count). The van der Waals surface area contributed by atoms with Gasteiger partial charge < -0.3 is 5.32 Å². The monoisotopic (exact) mass is 448 g/mol. The van der Waals surface area contributed by atoms with Crippen molar-refractivity contribution in [2.45, 2.75) is 17.9 Å². The van der Waals surface area contributed by atoms with Gasteiger partial charge in [0, 0.05) is 17.8 Å². The largest absolute Gasteiger partial charge is 0.325 e. The molecule has 2 aromatic carbocycles. The molecule has 0 fully saturated rings. The molecule has 2 N–H and O–H groups in total. The van der Waals surface area contributed by atoms with E-state index in [1.807, 2.05) is 0 Å². The molecule has 7 nitrogen and oxygen atoms in total. The van der Waals surface area contributed by atoms with Gasteiger partial charge in [-0.25, -0.2) is 18.2 Å². The van der Waals surface area contributed by atoms with Crippen LogP contribution in [0.25, 0.3) is 0 Å². The number of hydrogen-bond acceptors (Lipinski definition) is 5. The van der Waals surface area contributed by atoms with Crippen LogP contribution in [-0.4, -0.2) is 30.3 Å². The van der Waals surface area contributed by atoms with E-state index in [9.17, 15) is 13.2 Å². The summed E-state index contributed by atoms with van der Waals surface area (Å²) >= 11 is 7.32. The summed E-state index contributed by atoms with van der Waals surface area (Å²) in [5.41, 5.74) is 1.30. The zero-order valence-electron chi connectivity index (χ0n) is 15.1. The SMILES string of the molecule is O=C(Nc1nc2c(s1)CN(S(=O)(=O)c1ccccc1)CC2)Nc1ccccc1Cl. The Hall–Kier alpha value is -2.46. The minimum atomic E-state index is -3.57. The summed E-state index contributed by atoms with van der Waals surface area (Å²) in [4.78, 5) is 17.8. The molecule has 10 heteroatoms. The van der Waals surface area contributed by atoms with Crippen LogP contribution < -0.4 is 10.6 Å². The summed E-state index contributed by atoms with van der Waals surface area (Å²) in [6, 6.07) is 14.8. The summed E-state index contributed by atoms with van der Waals surface area (Å²) in [5, 5.41) is 6.21. The van der Waals surface area contributed by atoms with Crippen molar-refractivity contribution in [2.24, 2.45) is 0 Å². The molecule has 0 unspecified atom stereocenters. The quantitative estimate of drug-likeness (QED) is 0.626. The number of carbonyl (C=O) groups is 1. The maximum absolute atomic E-state index is 12.8. The Bertz CT molecular complexity index is 1150. The number of nitrogens with one attached hydrogen (secondary N) is 2. The zero-order valence-corrected chi connectivity index (χ0v) is 17.5. The smallest absolute Gasteiger partial charge is 0.306 e. The summed E-state index contributed by atoms with van der Waals surface area (Å²) in [7, 11) is -3.57. The van der Waals surface area contributed by atoms with E-state index in [4.69, 9.17) is 11.6 Å². The molecule has 0 atom stereocenters. The van der Waals surface area contributed by atoms with E-state index in [0.29, 0.717) is 28.8 Å². The van der Waals surface area contributed by atoms with Crippen molar-refractivity contribution in [2.75, 3.05) is 17.2 Å². The van der Waals surface area contributed by atoms with Gasteiger partial charge in [0.2, 0.25) is 10.0 Å². The van der Waals surface area contributed by atoms with Crippen molar-refractivity contribution in [1.29, 1.82) is 0 Å². The Balaban J connectivity index is 1.46. The van der Waals surface area contributed by atoms with Gasteiger partial charge in [0.05, 0.1) is 27.8 Å². The second-order valence-electron chi connectivity index (χ2n) is 6.35. The number of sulfonamides is 1. The highest BCUT2D eigenvalue weighted by atomic mass is 35.5. The number of para-hydroxylation sites is 1. The number of anilines is 2. The van der Waals surface area contributed by atoms with Gasteiger partial charge in [0.25, 0.3) is 0 Å². The summed E-state index contributed by atoms with van der Waals surface area (Å²) < 4.78 is 27.1. The van der Waals surface area contributed by atoms with Gasteiger partial charge in [-0.15, -0.1) is 0 Å². The van der Waals surface area contributed by atoms with Crippen LogP contribution in [-0.2, 0) is 23.0 Å². The number of carbonyl (C=O) groups excluding carboxylic acids is 1. The van der Waals surface area contributed by atoms with Gasteiger partial charge >= 0.3 is 6.03 Å². The topological polar surface area (TPSA) is 91.4 Å². The van der Waals surface area contributed by atoms with Crippen LogP contribution in [0.15, 0.2) is 59.5 Å². The normalized spacial score (nSPS) is 14.2. The number of aromatic nitrogens is 1. The van der Waals surface area contributed by atoms with Crippen LogP contribution in [0.1, 0.15) is 10.6 Å². The Morgan fingerprint density at radius 3 is 2.55 bits per heavy atom. The maximum atomic E-state index is 12.8. The molecular formula is C19H17ClN4O3S2. The first-order valence-corrected chi connectivity index (χ1v) is 11.4. The number of amides is 2. The third-order valence-corrected chi connectivity index (χ3v) is 7.61. The van der Waals surface area contributed by atoms with Gasteiger partial charge in [-0.3, -0.25) is 5.32 Å². The number of fused-ring (bicyclic) bond motifs is 1. The average Bonchev–Trinajstić information content (AvgIpc) is 3.11. The van der Waals surface area contributed by atoms with E-state index < -0.39 is 16.1 Å². The van der Waals surface area contributed by atoms with E-state index in [-0.39, 0.29) is 11.4 Å². The van der Waals surface area contributed by atoms with E-state index >= 15 is 0 Å². The summed E-state index contributed by atoms with van der Waals surface area (Å²) in [6.45, 7) is 0.581. The molecule has 29 heavy (non-hydrogen) atoms. The number of nitrogens with zero attached hydrogens (tertiary/aromatic N) is 2. The first kappa shape index (κ1) is 19.8. The molecule has 1 aliphatic heterocycles. The molecule has 0 radical (unpaired) electrons. The summed E-state index contributed by atoms with van der Waals surface area (Å²) in [6.07, 6.45) is 0.492. The minimum Gasteiger partial charge on any atom is -0.306 e. The zero-order chi connectivity index (χ0) is 20.4. The third-order valence-electron chi connectivity index (χ3n) is 4.42. The lowest BCUT2D eigenvalue weighted by Crippen LogP contribution is -2.35. The van der Waals surface area contributed by atoms with Crippen molar-refractivity contribution in [3.8, 4) is 0 Å². The average molecular weight is 449 g/mol. The highest BCUT2D eigenvalue weighted by molar-refractivity contribution is 7.89. The standard InChI is InChI=1S/C19H17ClN4O3S2/c20-14-8-4-5-9-15(14)21-18(25)23-19-22-16-10-11-24(12-17(16)28-19)29(26,27)13-6-2-1-3-7-13/h1-9H,10-12H2,(H2,21,22,23,25). The number of benzene rings is 2. The van der Waals surface area contributed by atoms with Crippen LogP contribution in [0.5, 0.6) is 0 Å². The van der Waals surface area contributed by atoms with E-state index in [2.05, 4.69) is 15.6 Å². The van der Waals surface area contributed by atoms with Crippen molar-refractivity contribution in [3.05, 3.63) is 70.2 Å². The van der Waals surface area contributed by atoms with Crippen molar-refractivity contribution in [3.63, 3.8) is 0 Å². The van der Waals surface area contributed by atoms with Crippen LogP contribution >= 0.6 is 22.9 Å². The fourth-order valence-electron chi connectivity index (χ4n) is 2.99. The van der Waals surface area contributed by atoms with E-state index in [1.165, 1.54) is 15.6 Å². The second kappa shape index (κ2) is 8.11. The highest BCUT2D eigenvalue weighted by Gasteiger charge is 2.30. The van der Waals surface area contributed by atoms with E-state index in [1.54, 1.807) is 54.6 Å². The molecule has 1 aliphatic rings. The fraction of sp³-hybridized carbons (Fsp3) is 0.158. The van der Waals surface area contributed by atoms with Gasteiger partial charge in [-0.05, 0) is 24.3 Å². The first-order valence-electron chi connectivity index (χ1n) is 8.80. The maximum Gasteiger partial charge on any atom is 0.325 e. The minimum absolute atomic E-state index is 0.234. The number of hydrogen-bond donors (Lipinski definition) is 2. The number of rotatable bonds is 4. The number of urea groups is 1. The molecule has 0 bridgehead atoms. The second-order valence-corrected chi connectivity index (χ2v) is 9.78. The highest BCUT2D eigenvalue weighted by Crippen LogP contribution is 2.31. The molecule has 3 aromatic rings. The predicted molar refractivity (Wildman–Crippen MR) is 114 cm³/mol. The lowest BCUT2D eigenvalue weighted by Gasteiger charge is -2.25. The molecule has 1 aromatic heterocycles. The van der Waals surface area contributed by atoms with Gasteiger partial charge in [-0.1, -0.05) is 53.3 Å². The predicted octanol–water partition coefficient (Wildman–Crippen LogP) is 4.19. The van der Waals surface area contributed by atoms with Crippen LogP contribution in [0, 0.1) is 0 Å². The molecule has 2 heterocycles. The Kier molecular flexibility index (Phi) is 5.55. The number of halogens is 1. The molecular weight excluding hydrogens is 432 g/mol.